The molecule has 0 aliphatic rings. The zero-order chi connectivity index (χ0) is 19.0. The van der Waals surface area contributed by atoms with Gasteiger partial charge in [-0.1, -0.05) is 53.5 Å². The molecule has 6 heteroatoms. The number of nitrogens with zero attached hydrogens (tertiary/aromatic N) is 2. The lowest BCUT2D eigenvalue weighted by Gasteiger charge is -2.08. The van der Waals surface area contributed by atoms with E-state index in [1.165, 1.54) is 4.57 Å². The van der Waals surface area contributed by atoms with Gasteiger partial charge in [-0.15, -0.1) is 0 Å². The first kappa shape index (κ1) is 18.1. The number of aromatic carboxylic acids is 1. The topological polar surface area (TPSA) is 66.0 Å². The maximum absolute atomic E-state index is 11.7. The quantitative estimate of drug-likeness (QED) is 0.643. The fourth-order valence-corrected chi connectivity index (χ4v) is 3.53. The minimum atomic E-state index is -1.07. The summed E-state index contributed by atoms with van der Waals surface area (Å²) in [5.41, 5.74) is 3.86. The van der Waals surface area contributed by atoms with Gasteiger partial charge in [0.1, 0.15) is 11.8 Å². The number of halogens is 2. The second-order valence-electron chi connectivity index (χ2n) is 5.86. The Morgan fingerprint density at radius 2 is 1.73 bits per heavy atom. The van der Waals surface area contributed by atoms with E-state index in [9.17, 15) is 15.2 Å². The van der Waals surface area contributed by atoms with Gasteiger partial charge >= 0.3 is 5.97 Å². The molecule has 1 aromatic heterocycles. The second-order valence-corrected chi connectivity index (χ2v) is 6.71. The summed E-state index contributed by atoms with van der Waals surface area (Å²) in [6.45, 7) is 1.73. The lowest BCUT2D eigenvalue weighted by atomic mass is 9.97. The van der Waals surface area contributed by atoms with Gasteiger partial charge in [0.2, 0.25) is 0 Å². The molecular formula is C20H14Cl2N2O2. The van der Waals surface area contributed by atoms with Crippen LogP contribution in [0.3, 0.4) is 0 Å². The number of carboxylic acid groups (broad SMARTS) is 1. The van der Waals surface area contributed by atoms with E-state index in [0.29, 0.717) is 32.4 Å². The van der Waals surface area contributed by atoms with E-state index in [4.69, 9.17) is 23.2 Å². The Labute approximate surface area is 160 Å². The van der Waals surface area contributed by atoms with E-state index in [-0.39, 0.29) is 5.69 Å². The largest absolute Gasteiger partial charge is 0.477 e. The van der Waals surface area contributed by atoms with Crippen LogP contribution in [0.1, 0.15) is 21.7 Å². The number of aromatic nitrogens is 1. The lowest BCUT2D eigenvalue weighted by Crippen LogP contribution is -2.06. The monoisotopic (exact) mass is 384 g/mol. The third-order valence-corrected chi connectivity index (χ3v) is 4.97. The van der Waals surface area contributed by atoms with E-state index in [1.807, 2.05) is 18.2 Å². The van der Waals surface area contributed by atoms with Crippen LogP contribution in [0.2, 0.25) is 10.0 Å². The molecule has 3 rings (SSSR count). The van der Waals surface area contributed by atoms with Gasteiger partial charge in [0.25, 0.3) is 0 Å². The standard InChI is InChI=1S/C20H14Cl2N2O2/c1-11-16(10-23)18(19(20(25)26)24(11)2)13-5-3-12(4-6-13)15-8-7-14(21)9-17(15)22/h3-9H,1-2H3,(H,25,26). The molecule has 0 aliphatic heterocycles. The number of rotatable bonds is 3. The summed E-state index contributed by atoms with van der Waals surface area (Å²) in [6.07, 6.45) is 0. The molecule has 0 saturated carbocycles. The van der Waals surface area contributed by atoms with Crippen molar-refractivity contribution in [3.63, 3.8) is 0 Å². The van der Waals surface area contributed by atoms with Crippen LogP contribution < -0.4 is 0 Å². The fourth-order valence-electron chi connectivity index (χ4n) is 3.01. The van der Waals surface area contributed by atoms with Crippen molar-refractivity contribution < 1.29 is 9.90 Å². The van der Waals surface area contributed by atoms with Crippen molar-refractivity contribution in [1.29, 1.82) is 5.26 Å². The predicted molar refractivity (Wildman–Crippen MR) is 103 cm³/mol. The van der Waals surface area contributed by atoms with Crippen molar-refractivity contribution in [2.24, 2.45) is 7.05 Å². The summed E-state index contributed by atoms with van der Waals surface area (Å²) in [5, 5.41) is 20.2. The second kappa shape index (κ2) is 6.87. The molecule has 0 bridgehead atoms. The molecule has 0 unspecified atom stereocenters. The minimum absolute atomic E-state index is 0.0938. The van der Waals surface area contributed by atoms with Gasteiger partial charge in [0.05, 0.1) is 5.56 Å². The molecule has 26 heavy (non-hydrogen) atoms. The third-order valence-electron chi connectivity index (χ3n) is 4.42. The highest BCUT2D eigenvalue weighted by molar-refractivity contribution is 6.36. The normalized spacial score (nSPS) is 10.6. The molecule has 0 spiro atoms. The summed E-state index contributed by atoms with van der Waals surface area (Å²) in [4.78, 5) is 11.7. The molecule has 0 amide bonds. The summed E-state index contributed by atoms with van der Waals surface area (Å²) >= 11 is 12.2. The number of hydrogen-bond donors (Lipinski definition) is 1. The summed E-state index contributed by atoms with van der Waals surface area (Å²) < 4.78 is 1.53. The van der Waals surface area contributed by atoms with Crippen molar-refractivity contribution in [1.82, 2.24) is 4.57 Å². The molecule has 1 N–H and O–H groups in total. The van der Waals surface area contributed by atoms with Gasteiger partial charge in [0, 0.05) is 33.9 Å². The van der Waals surface area contributed by atoms with Crippen LogP contribution in [-0.2, 0) is 7.05 Å². The summed E-state index contributed by atoms with van der Waals surface area (Å²) in [5.74, 6) is -1.07. The van der Waals surface area contributed by atoms with Gasteiger partial charge < -0.3 is 9.67 Å². The molecule has 0 aliphatic carbocycles. The molecule has 0 atom stereocenters. The van der Waals surface area contributed by atoms with Crippen LogP contribution in [-0.4, -0.2) is 15.6 Å². The Morgan fingerprint density at radius 1 is 1.12 bits per heavy atom. The Balaban J connectivity index is 2.14. The van der Waals surface area contributed by atoms with E-state index >= 15 is 0 Å². The van der Waals surface area contributed by atoms with Gasteiger partial charge in [-0.2, -0.15) is 5.26 Å². The van der Waals surface area contributed by atoms with Crippen LogP contribution in [0, 0.1) is 18.3 Å². The molecule has 1 heterocycles. The lowest BCUT2D eigenvalue weighted by molar-refractivity contribution is 0.0687. The highest BCUT2D eigenvalue weighted by atomic mass is 35.5. The van der Waals surface area contributed by atoms with Crippen LogP contribution in [0.15, 0.2) is 42.5 Å². The Kier molecular flexibility index (Phi) is 4.78. The number of hydrogen-bond acceptors (Lipinski definition) is 2. The maximum Gasteiger partial charge on any atom is 0.353 e. The van der Waals surface area contributed by atoms with Crippen LogP contribution in [0.25, 0.3) is 22.3 Å². The average molecular weight is 385 g/mol. The number of carbonyl (C=O) groups is 1. The van der Waals surface area contributed by atoms with E-state index in [1.54, 1.807) is 38.2 Å². The van der Waals surface area contributed by atoms with E-state index in [2.05, 4.69) is 6.07 Å². The first-order valence-electron chi connectivity index (χ1n) is 7.73. The van der Waals surface area contributed by atoms with E-state index < -0.39 is 5.97 Å². The minimum Gasteiger partial charge on any atom is -0.477 e. The van der Waals surface area contributed by atoms with E-state index in [0.717, 1.165) is 11.1 Å². The molecule has 4 nitrogen and oxygen atoms in total. The molecule has 3 aromatic rings. The third kappa shape index (κ3) is 2.96. The summed E-state index contributed by atoms with van der Waals surface area (Å²) in [6, 6.07) is 14.7. The molecule has 2 aromatic carbocycles. The van der Waals surface area contributed by atoms with Crippen molar-refractivity contribution in [2.75, 3.05) is 0 Å². The summed E-state index contributed by atoms with van der Waals surface area (Å²) in [7, 11) is 1.64. The zero-order valence-electron chi connectivity index (χ0n) is 14.0. The van der Waals surface area contributed by atoms with Crippen molar-refractivity contribution >= 4 is 29.2 Å². The SMILES string of the molecule is Cc1c(C#N)c(-c2ccc(-c3ccc(Cl)cc3Cl)cc2)c(C(=O)O)n1C. The average Bonchev–Trinajstić information content (AvgIpc) is 2.86. The fraction of sp³-hybridized carbons (Fsp3) is 0.100. The number of carboxylic acids is 1. The molecule has 0 fully saturated rings. The van der Waals surface area contributed by atoms with Crippen molar-refractivity contribution in [2.45, 2.75) is 6.92 Å². The Bertz CT molecular complexity index is 1060. The first-order chi connectivity index (χ1) is 12.3. The molecule has 0 saturated heterocycles. The smallest absolute Gasteiger partial charge is 0.353 e. The van der Waals surface area contributed by atoms with Crippen LogP contribution in [0.5, 0.6) is 0 Å². The Hall–Kier alpha value is -2.74. The van der Waals surface area contributed by atoms with Gasteiger partial charge in [-0.3, -0.25) is 0 Å². The molecular weight excluding hydrogens is 371 g/mol. The predicted octanol–water partition coefficient (Wildman–Crippen LogP) is 5.54. The Morgan fingerprint density at radius 3 is 2.27 bits per heavy atom. The van der Waals surface area contributed by atoms with Crippen LogP contribution >= 0.6 is 23.2 Å². The number of benzene rings is 2. The molecule has 130 valence electrons. The molecule has 0 radical (unpaired) electrons. The maximum atomic E-state index is 11.7. The van der Waals surface area contributed by atoms with Gasteiger partial charge in [-0.05, 0) is 30.2 Å². The zero-order valence-corrected chi connectivity index (χ0v) is 15.6. The van der Waals surface area contributed by atoms with Crippen molar-refractivity contribution in [3.05, 3.63) is 69.5 Å². The highest BCUT2D eigenvalue weighted by Crippen LogP contribution is 2.35. The van der Waals surface area contributed by atoms with Crippen molar-refractivity contribution in [3.8, 4) is 28.3 Å². The van der Waals surface area contributed by atoms with Gasteiger partial charge in [-0.25, -0.2) is 4.79 Å². The first-order valence-corrected chi connectivity index (χ1v) is 8.49. The van der Waals surface area contributed by atoms with Gasteiger partial charge in [0.15, 0.2) is 0 Å². The highest BCUT2D eigenvalue weighted by Gasteiger charge is 2.24. The number of nitriles is 1. The van der Waals surface area contributed by atoms with Crippen LogP contribution in [0.4, 0.5) is 0 Å².